The van der Waals surface area contributed by atoms with Crippen LogP contribution in [0.25, 0.3) is 11.3 Å². The molecule has 1 N–H and O–H groups in total. The fraction of sp³-hybridized carbons (Fsp3) is 0.350. The third kappa shape index (κ3) is 4.44. The molecule has 6 nitrogen and oxygen atoms in total. The minimum absolute atomic E-state index is 0.0456. The number of amides is 3. The van der Waals surface area contributed by atoms with Crippen LogP contribution in [0.1, 0.15) is 19.8 Å². The first-order valence-electron chi connectivity index (χ1n) is 9.06. The highest BCUT2D eigenvalue weighted by Crippen LogP contribution is 2.23. The van der Waals surface area contributed by atoms with Crippen LogP contribution < -0.4 is 5.32 Å². The molecule has 3 rings (SSSR count). The van der Waals surface area contributed by atoms with Gasteiger partial charge in [0.1, 0.15) is 11.6 Å². The molecule has 0 unspecified atom stereocenters. The molecule has 2 aromatic rings. The molecule has 8 heteroatoms. The van der Waals surface area contributed by atoms with Crippen LogP contribution in [-0.4, -0.2) is 52.9 Å². The Labute approximate surface area is 162 Å². The van der Waals surface area contributed by atoms with Gasteiger partial charge in [-0.25, -0.2) is 13.6 Å². The molecule has 0 atom stereocenters. The predicted molar refractivity (Wildman–Crippen MR) is 102 cm³/mol. The van der Waals surface area contributed by atoms with Gasteiger partial charge in [0.05, 0.1) is 17.6 Å². The topological polar surface area (TPSA) is 65.5 Å². The Morgan fingerprint density at radius 2 is 1.89 bits per heavy atom. The minimum atomic E-state index is -0.567. The Morgan fingerprint density at radius 3 is 2.50 bits per heavy atom. The number of halogens is 2. The van der Waals surface area contributed by atoms with E-state index in [1.807, 2.05) is 0 Å². The quantitative estimate of drug-likeness (QED) is 0.875. The average molecular weight is 388 g/mol. The molecule has 1 aliphatic heterocycles. The van der Waals surface area contributed by atoms with E-state index in [0.717, 1.165) is 31.0 Å². The summed E-state index contributed by atoms with van der Waals surface area (Å²) in [6.45, 7) is 2.81. The van der Waals surface area contributed by atoms with Crippen molar-refractivity contribution in [2.75, 3.05) is 25.5 Å². The van der Waals surface area contributed by atoms with Crippen molar-refractivity contribution < 1.29 is 18.4 Å². The van der Waals surface area contributed by atoms with Gasteiger partial charge in [-0.05, 0) is 43.2 Å². The molecule has 1 aliphatic rings. The van der Waals surface area contributed by atoms with E-state index in [2.05, 4.69) is 10.3 Å². The van der Waals surface area contributed by atoms with Gasteiger partial charge < -0.3 is 15.1 Å². The number of hydrogen-bond acceptors (Lipinski definition) is 3. The van der Waals surface area contributed by atoms with Crippen LogP contribution in [0.3, 0.4) is 0 Å². The summed E-state index contributed by atoms with van der Waals surface area (Å²) >= 11 is 0. The molecule has 0 spiro atoms. The number of nitrogens with one attached hydrogen (secondary N) is 1. The number of carbonyl (C=O) groups excluding carboxylic acids is 2. The highest BCUT2D eigenvalue weighted by molar-refractivity contribution is 5.89. The Bertz CT molecular complexity index is 865. The highest BCUT2D eigenvalue weighted by Gasteiger charge is 2.26. The smallest absolute Gasteiger partial charge is 0.321 e. The number of anilines is 1. The molecule has 0 radical (unpaired) electrons. The van der Waals surface area contributed by atoms with Crippen molar-refractivity contribution in [2.45, 2.75) is 25.8 Å². The van der Waals surface area contributed by atoms with Gasteiger partial charge in [-0.3, -0.25) is 9.78 Å². The van der Waals surface area contributed by atoms with Crippen LogP contribution in [0.4, 0.5) is 19.3 Å². The van der Waals surface area contributed by atoms with E-state index < -0.39 is 11.6 Å². The molecule has 1 saturated heterocycles. The molecule has 148 valence electrons. The second kappa shape index (κ2) is 8.33. The number of pyridine rings is 1. The summed E-state index contributed by atoms with van der Waals surface area (Å²) in [5.74, 6) is -1.07. The number of benzene rings is 1. The summed E-state index contributed by atoms with van der Waals surface area (Å²) in [7, 11) is 1.72. The minimum Gasteiger partial charge on any atom is -0.343 e. The van der Waals surface area contributed by atoms with Crippen molar-refractivity contribution in [1.29, 1.82) is 0 Å². The van der Waals surface area contributed by atoms with Gasteiger partial charge in [0.2, 0.25) is 5.91 Å². The zero-order valence-electron chi connectivity index (χ0n) is 15.8. The summed E-state index contributed by atoms with van der Waals surface area (Å²) < 4.78 is 27.2. The van der Waals surface area contributed by atoms with Crippen molar-refractivity contribution in [3.05, 3.63) is 48.2 Å². The van der Waals surface area contributed by atoms with Crippen molar-refractivity contribution in [2.24, 2.45) is 0 Å². The van der Waals surface area contributed by atoms with Crippen molar-refractivity contribution in [3.63, 3.8) is 0 Å². The van der Waals surface area contributed by atoms with E-state index >= 15 is 0 Å². The molecule has 2 heterocycles. The van der Waals surface area contributed by atoms with Crippen LogP contribution in [0.5, 0.6) is 0 Å². The van der Waals surface area contributed by atoms with Crippen LogP contribution in [0.2, 0.25) is 0 Å². The molecule has 28 heavy (non-hydrogen) atoms. The first-order chi connectivity index (χ1) is 13.3. The lowest BCUT2D eigenvalue weighted by atomic mass is 10.0. The Morgan fingerprint density at radius 1 is 1.18 bits per heavy atom. The van der Waals surface area contributed by atoms with E-state index in [1.54, 1.807) is 29.8 Å². The SMILES string of the molecule is CC(=O)N1CCC(N(C)C(=O)Nc2ccc(-c3cc(F)ccc3F)nc2)CC1. The van der Waals surface area contributed by atoms with Gasteiger partial charge in [0, 0.05) is 38.7 Å². The van der Waals surface area contributed by atoms with Crippen LogP contribution in [-0.2, 0) is 4.79 Å². The molecular weight excluding hydrogens is 366 g/mol. The lowest BCUT2D eigenvalue weighted by Gasteiger charge is -2.36. The maximum absolute atomic E-state index is 13.8. The highest BCUT2D eigenvalue weighted by atomic mass is 19.1. The van der Waals surface area contributed by atoms with Gasteiger partial charge in [0.25, 0.3) is 0 Å². The average Bonchev–Trinajstić information content (AvgIpc) is 2.70. The van der Waals surface area contributed by atoms with Crippen LogP contribution in [0.15, 0.2) is 36.5 Å². The summed E-state index contributed by atoms with van der Waals surface area (Å²) in [4.78, 5) is 31.4. The predicted octanol–water partition coefficient (Wildman–Crippen LogP) is 3.50. The molecule has 0 saturated carbocycles. The Kier molecular flexibility index (Phi) is 5.87. The second-order valence-corrected chi connectivity index (χ2v) is 6.83. The largest absolute Gasteiger partial charge is 0.343 e. The van der Waals surface area contributed by atoms with Crippen molar-refractivity contribution >= 4 is 17.6 Å². The van der Waals surface area contributed by atoms with E-state index in [9.17, 15) is 18.4 Å². The van der Waals surface area contributed by atoms with Crippen LogP contribution in [0, 0.1) is 11.6 Å². The van der Waals surface area contributed by atoms with Gasteiger partial charge in [-0.1, -0.05) is 0 Å². The number of rotatable bonds is 3. The standard InChI is InChI=1S/C20H22F2N4O2/c1-13(27)26-9-7-16(8-10-26)25(2)20(28)24-15-4-6-19(23-12-15)17-11-14(21)3-5-18(17)22/h3-6,11-12,16H,7-10H2,1-2H3,(H,24,28). The fourth-order valence-corrected chi connectivity index (χ4v) is 3.27. The number of piperidine rings is 1. The lowest BCUT2D eigenvalue weighted by molar-refractivity contribution is -0.130. The third-order valence-corrected chi connectivity index (χ3v) is 5.00. The Hall–Kier alpha value is -3.03. The van der Waals surface area contributed by atoms with Gasteiger partial charge in [-0.2, -0.15) is 0 Å². The van der Waals surface area contributed by atoms with Crippen molar-refractivity contribution in [3.8, 4) is 11.3 Å². The summed E-state index contributed by atoms with van der Waals surface area (Å²) in [5, 5.41) is 2.75. The Balaban J connectivity index is 1.61. The number of aromatic nitrogens is 1. The molecule has 3 amide bonds. The van der Waals surface area contributed by atoms with E-state index in [0.29, 0.717) is 18.8 Å². The van der Waals surface area contributed by atoms with Crippen molar-refractivity contribution in [1.82, 2.24) is 14.8 Å². The molecule has 0 aliphatic carbocycles. The number of hydrogen-bond donors (Lipinski definition) is 1. The molecule has 1 fully saturated rings. The number of likely N-dealkylation sites (tertiary alicyclic amines) is 1. The summed E-state index contributed by atoms with van der Waals surface area (Å²) in [6.07, 6.45) is 2.85. The molecule has 0 bridgehead atoms. The maximum Gasteiger partial charge on any atom is 0.321 e. The van der Waals surface area contributed by atoms with Gasteiger partial charge >= 0.3 is 6.03 Å². The number of carbonyl (C=O) groups is 2. The van der Waals surface area contributed by atoms with E-state index in [-0.39, 0.29) is 29.2 Å². The fourth-order valence-electron chi connectivity index (χ4n) is 3.27. The first kappa shape index (κ1) is 19.7. The van der Waals surface area contributed by atoms with Gasteiger partial charge in [0.15, 0.2) is 0 Å². The maximum atomic E-state index is 13.8. The zero-order chi connectivity index (χ0) is 20.3. The summed E-state index contributed by atoms with van der Waals surface area (Å²) in [6, 6.07) is 6.06. The number of urea groups is 1. The molecular formula is C20H22F2N4O2. The lowest BCUT2D eigenvalue weighted by Crippen LogP contribution is -2.47. The van der Waals surface area contributed by atoms with E-state index in [1.165, 1.54) is 12.3 Å². The number of nitrogens with zero attached hydrogens (tertiary/aromatic N) is 3. The van der Waals surface area contributed by atoms with E-state index in [4.69, 9.17) is 0 Å². The zero-order valence-corrected chi connectivity index (χ0v) is 15.8. The summed E-state index contributed by atoms with van der Waals surface area (Å²) in [5.41, 5.74) is 0.797. The molecule has 1 aromatic heterocycles. The van der Waals surface area contributed by atoms with Crippen LogP contribution >= 0.6 is 0 Å². The first-order valence-corrected chi connectivity index (χ1v) is 9.06. The monoisotopic (exact) mass is 388 g/mol. The third-order valence-electron chi connectivity index (χ3n) is 5.00. The second-order valence-electron chi connectivity index (χ2n) is 6.83. The normalized spacial score (nSPS) is 14.6. The van der Waals surface area contributed by atoms with Gasteiger partial charge in [-0.15, -0.1) is 0 Å². The molecule has 1 aromatic carbocycles.